The number of carboxylic acid groups (broad SMARTS) is 1. The molecule has 0 unspecified atom stereocenters. The molecule has 0 atom stereocenters. The van der Waals surface area contributed by atoms with E-state index in [9.17, 15) is 19.5 Å². The fourth-order valence-corrected chi connectivity index (χ4v) is 4.17. The topological polar surface area (TPSA) is 87.8 Å². The molecule has 0 radical (unpaired) electrons. The molecule has 3 aromatic rings. The Balaban J connectivity index is 1.57. The number of imide groups is 1. The summed E-state index contributed by atoms with van der Waals surface area (Å²) in [5, 5.41) is 8.90. The van der Waals surface area contributed by atoms with Gasteiger partial charge >= 0.3 is 5.97 Å². The van der Waals surface area contributed by atoms with E-state index >= 15 is 0 Å². The van der Waals surface area contributed by atoms with E-state index in [-0.39, 0.29) is 28.2 Å². The lowest BCUT2D eigenvalue weighted by Gasteiger charge is -2.12. The molecule has 1 aliphatic rings. The average molecular weight is 433 g/mol. The van der Waals surface area contributed by atoms with E-state index in [2.05, 4.69) is 0 Å². The normalized spacial score (nSPS) is 15.2. The van der Waals surface area contributed by atoms with Crippen molar-refractivity contribution in [1.29, 1.82) is 0 Å². The van der Waals surface area contributed by atoms with Crippen LogP contribution in [0.5, 0.6) is 0 Å². The highest BCUT2D eigenvalue weighted by molar-refractivity contribution is 8.18. The van der Waals surface area contributed by atoms with Crippen molar-refractivity contribution in [2.75, 3.05) is 0 Å². The second-order valence-corrected chi connectivity index (χ2v) is 8.29. The minimum Gasteiger partial charge on any atom is -0.478 e. The number of hydrogen-bond acceptors (Lipinski definition) is 5. The number of carbonyl (C=O) groups excluding carboxylic acids is 2. The Hall–Kier alpha value is -3.58. The predicted octanol–water partition coefficient (Wildman–Crippen LogP) is 5.50. The van der Waals surface area contributed by atoms with Gasteiger partial charge < -0.3 is 9.52 Å². The van der Waals surface area contributed by atoms with Crippen LogP contribution in [0.25, 0.3) is 17.4 Å². The van der Waals surface area contributed by atoms with Gasteiger partial charge in [-0.15, -0.1) is 0 Å². The van der Waals surface area contributed by atoms with E-state index in [1.54, 1.807) is 30.3 Å². The Labute approximate surface area is 183 Å². The maximum Gasteiger partial charge on any atom is 0.335 e. The van der Waals surface area contributed by atoms with Crippen LogP contribution in [-0.2, 0) is 11.3 Å². The zero-order valence-corrected chi connectivity index (χ0v) is 17.7. The summed E-state index contributed by atoms with van der Waals surface area (Å²) < 4.78 is 5.84. The van der Waals surface area contributed by atoms with Crippen molar-refractivity contribution in [3.63, 3.8) is 0 Å². The van der Waals surface area contributed by atoms with Crippen LogP contribution in [0.3, 0.4) is 0 Å². The first kappa shape index (κ1) is 20.7. The van der Waals surface area contributed by atoms with Gasteiger partial charge in [0, 0.05) is 11.6 Å². The molecule has 2 heterocycles. The molecule has 6 nitrogen and oxygen atoms in total. The predicted molar refractivity (Wildman–Crippen MR) is 119 cm³/mol. The van der Waals surface area contributed by atoms with Gasteiger partial charge in [-0.05, 0) is 61.0 Å². The fourth-order valence-electron chi connectivity index (χ4n) is 3.35. The Bertz CT molecular complexity index is 1240. The average Bonchev–Trinajstić information content (AvgIpc) is 3.28. The summed E-state index contributed by atoms with van der Waals surface area (Å²) in [6.45, 7) is 4.04. The van der Waals surface area contributed by atoms with Crippen LogP contribution in [0, 0.1) is 13.8 Å². The molecule has 2 amide bonds. The lowest BCUT2D eigenvalue weighted by atomic mass is 10.0. The van der Waals surface area contributed by atoms with Crippen LogP contribution in [0.1, 0.15) is 32.8 Å². The number of amides is 2. The largest absolute Gasteiger partial charge is 0.478 e. The second kappa shape index (κ2) is 8.28. The first-order valence-electron chi connectivity index (χ1n) is 9.57. The highest BCUT2D eigenvalue weighted by Gasteiger charge is 2.35. The third-order valence-electron chi connectivity index (χ3n) is 4.95. The molecule has 1 aromatic heterocycles. The summed E-state index contributed by atoms with van der Waals surface area (Å²) in [5.74, 6) is -0.476. The van der Waals surface area contributed by atoms with Crippen LogP contribution in [0.4, 0.5) is 4.79 Å². The molecule has 1 saturated heterocycles. The quantitative estimate of drug-likeness (QED) is 0.535. The monoisotopic (exact) mass is 433 g/mol. The Morgan fingerprint density at radius 3 is 2.65 bits per heavy atom. The van der Waals surface area contributed by atoms with Crippen LogP contribution >= 0.6 is 11.8 Å². The van der Waals surface area contributed by atoms with E-state index in [1.807, 2.05) is 38.1 Å². The van der Waals surface area contributed by atoms with Gasteiger partial charge in [-0.2, -0.15) is 0 Å². The van der Waals surface area contributed by atoms with Crippen molar-refractivity contribution in [3.8, 4) is 11.3 Å². The lowest BCUT2D eigenvalue weighted by Crippen LogP contribution is -2.27. The van der Waals surface area contributed by atoms with Crippen molar-refractivity contribution in [2.45, 2.75) is 20.4 Å². The van der Waals surface area contributed by atoms with Crippen molar-refractivity contribution < 1.29 is 23.9 Å². The van der Waals surface area contributed by atoms with Crippen LogP contribution in [0.15, 0.2) is 63.9 Å². The van der Waals surface area contributed by atoms with Crippen molar-refractivity contribution in [2.24, 2.45) is 0 Å². The lowest BCUT2D eigenvalue weighted by molar-refractivity contribution is -0.123. The van der Waals surface area contributed by atoms with Crippen LogP contribution < -0.4 is 0 Å². The maximum absolute atomic E-state index is 12.8. The second-order valence-electron chi connectivity index (χ2n) is 7.29. The molecule has 7 heteroatoms. The molecule has 1 fully saturated rings. The van der Waals surface area contributed by atoms with Gasteiger partial charge in [-0.25, -0.2) is 4.79 Å². The number of nitrogens with zero attached hydrogens (tertiary/aromatic N) is 1. The summed E-state index contributed by atoms with van der Waals surface area (Å²) in [6, 6.07) is 15.9. The van der Waals surface area contributed by atoms with Crippen molar-refractivity contribution >= 4 is 35.0 Å². The minimum absolute atomic E-state index is 0.163. The smallest absolute Gasteiger partial charge is 0.335 e. The fraction of sp³-hybridized carbons (Fsp3) is 0.125. The van der Waals surface area contributed by atoms with Crippen LogP contribution in [-0.4, -0.2) is 27.1 Å². The molecule has 0 saturated carbocycles. The van der Waals surface area contributed by atoms with Gasteiger partial charge in [0.05, 0.1) is 17.0 Å². The van der Waals surface area contributed by atoms with E-state index in [0.29, 0.717) is 17.1 Å². The molecule has 156 valence electrons. The van der Waals surface area contributed by atoms with Gasteiger partial charge in [0.2, 0.25) is 0 Å². The molecule has 2 aromatic carbocycles. The molecular formula is C24H19NO5S. The highest BCUT2D eigenvalue weighted by Crippen LogP contribution is 2.35. The number of thioether (sulfide) groups is 1. The SMILES string of the molecule is Cc1cccc(CN2C(=O)S/C(=C\c3ccc(-c4cc(C(=O)O)ccc4C)o3)C2=O)c1. The zero-order chi connectivity index (χ0) is 22.1. The van der Waals surface area contributed by atoms with E-state index in [4.69, 9.17) is 4.42 Å². The first-order chi connectivity index (χ1) is 14.8. The van der Waals surface area contributed by atoms with Crippen LogP contribution in [0.2, 0.25) is 0 Å². The van der Waals surface area contributed by atoms with Gasteiger partial charge in [-0.1, -0.05) is 35.9 Å². The maximum atomic E-state index is 12.8. The summed E-state index contributed by atoms with van der Waals surface area (Å²) in [5.41, 5.74) is 3.63. The van der Waals surface area contributed by atoms with E-state index < -0.39 is 5.97 Å². The summed E-state index contributed by atoms with van der Waals surface area (Å²) >= 11 is 0.875. The molecule has 4 rings (SSSR count). The third kappa shape index (κ3) is 4.32. The number of aromatic carboxylic acids is 1. The Morgan fingerprint density at radius 2 is 1.90 bits per heavy atom. The van der Waals surface area contributed by atoms with Gasteiger partial charge in [-0.3, -0.25) is 14.5 Å². The number of benzene rings is 2. The number of aryl methyl sites for hydroxylation is 2. The van der Waals surface area contributed by atoms with E-state index in [0.717, 1.165) is 28.5 Å². The number of carbonyl (C=O) groups is 3. The Kier molecular flexibility index (Phi) is 5.52. The summed E-state index contributed by atoms with van der Waals surface area (Å²) in [6.07, 6.45) is 1.54. The molecule has 0 aliphatic carbocycles. The number of carboxylic acids is 1. The van der Waals surface area contributed by atoms with E-state index in [1.165, 1.54) is 11.0 Å². The molecule has 0 spiro atoms. The Morgan fingerprint density at radius 1 is 1.10 bits per heavy atom. The number of furan rings is 1. The number of rotatable bonds is 5. The standard InChI is InChI=1S/C24H19NO5S/c1-14-4-3-5-16(10-14)13-25-22(26)21(31-24(25)29)12-18-8-9-20(30-18)19-11-17(23(27)28)7-6-15(19)2/h3-12H,13H2,1-2H3,(H,27,28)/b21-12-. The molecule has 1 N–H and O–H groups in total. The molecule has 1 aliphatic heterocycles. The van der Waals surface area contributed by atoms with Crippen molar-refractivity contribution in [1.82, 2.24) is 4.90 Å². The first-order valence-corrected chi connectivity index (χ1v) is 10.4. The van der Waals surface area contributed by atoms with Gasteiger partial charge in [0.25, 0.3) is 11.1 Å². The van der Waals surface area contributed by atoms with Crippen molar-refractivity contribution in [3.05, 3.63) is 87.5 Å². The third-order valence-corrected chi connectivity index (χ3v) is 5.85. The summed E-state index contributed by atoms with van der Waals surface area (Å²) in [7, 11) is 0. The van der Waals surface area contributed by atoms with Gasteiger partial charge in [0.1, 0.15) is 11.5 Å². The minimum atomic E-state index is -1.02. The molecular weight excluding hydrogens is 414 g/mol. The molecule has 31 heavy (non-hydrogen) atoms. The number of hydrogen-bond donors (Lipinski definition) is 1. The van der Waals surface area contributed by atoms with Gasteiger partial charge in [0.15, 0.2) is 0 Å². The zero-order valence-electron chi connectivity index (χ0n) is 16.9. The highest BCUT2D eigenvalue weighted by atomic mass is 32.2. The molecule has 0 bridgehead atoms. The summed E-state index contributed by atoms with van der Waals surface area (Å²) in [4.78, 5) is 37.9.